The first kappa shape index (κ1) is 18.2. The Balaban J connectivity index is 2.03. The summed E-state index contributed by atoms with van der Waals surface area (Å²) in [6, 6.07) is 15.1. The number of carbonyl (C=O) groups is 2. The molecule has 0 aliphatic rings. The number of hydrogen-bond donors (Lipinski definition) is 2. The molecule has 0 atom stereocenters. The second-order valence-corrected chi connectivity index (χ2v) is 7.02. The fraction of sp³-hybridized carbons (Fsp3) is 0.263. The Labute approximate surface area is 150 Å². The Morgan fingerprint density at radius 1 is 1.00 bits per heavy atom. The van der Waals surface area contributed by atoms with Crippen molar-refractivity contribution in [2.24, 2.45) is 5.41 Å². The summed E-state index contributed by atoms with van der Waals surface area (Å²) in [6.45, 7) is 5.63. The summed E-state index contributed by atoms with van der Waals surface area (Å²) < 4.78 is 0.773. The van der Waals surface area contributed by atoms with E-state index in [0.717, 1.165) is 15.6 Å². The molecule has 2 N–H and O–H groups in total. The molecule has 0 saturated heterocycles. The number of anilines is 1. The smallest absolute Gasteiger partial charge is 0.239 e. The van der Waals surface area contributed by atoms with Crippen molar-refractivity contribution >= 4 is 33.4 Å². The Morgan fingerprint density at radius 2 is 1.62 bits per heavy atom. The van der Waals surface area contributed by atoms with Crippen LogP contribution in [0.4, 0.5) is 5.69 Å². The van der Waals surface area contributed by atoms with Crippen LogP contribution in [0.2, 0.25) is 0 Å². The van der Waals surface area contributed by atoms with Gasteiger partial charge in [-0.2, -0.15) is 0 Å². The van der Waals surface area contributed by atoms with Gasteiger partial charge in [0.1, 0.15) is 5.41 Å². The van der Waals surface area contributed by atoms with Crippen LogP contribution in [0.1, 0.15) is 25.0 Å². The fourth-order valence-electron chi connectivity index (χ4n) is 2.15. The van der Waals surface area contributed by atoms with Crippen LogP contribution in [0.25, 0.3) is 0 Å². The lowest BCUT2D eigenvalue weighted by atomic mass is 9.90. The number of nitrogens with one attached hydrogen (secondary N) is 2. The minimum atomic E-state index is -1.18. The van der Waals surface area contributed by atoms with E-state index >= 15 is 0 Å². The first-order chi connectivity index (χ1) is 11.3. The molecule has 0 fully saturated rings. The minimum Gasteiger partial charge on any atom is -0.351 e. The molecule has 0 heterocycles. The molecule has 0 bridgehead atoms. The molecule has 5 heteroatoms. The molecule has 2 aromatic carbocycles. The summed E-state index contributed by atoms with van der Waals surface area (Å²) in [5.41, 5.74) is 1.60. The Hall–Kier alpha value is -2.14. The van der Waals surface area contributed by atoms with Gasteiger partial charge in [-0.1, -0.05) is 36.4 Å². The second kappa shape index (κ2) is 7.62. The van der Waals surface area contributed by atoms with Crippen molar-refractivity contribution in [1.82, 2.24) is 5.32 Å². The summed E-state index contributed by atoms with van der Waals surface area (Å²) in [4.78, 5) is 25.0. The average molecular weight is 389 g/mol. The summed E-state index contributed by atoms with van der Waals surface area (Å²) in [6.07, 6.45) is 0. The zero-order chi connectivity index (χ0) is 17.7. The molecule has 126 valence electrons. The van der Waals surface area contributed by atoms with Gasteiger partial charge < -0.3 is 10.6 Å². The molecule has 0 unspecified atom stereocenters. The maximum atomic E-state index is 12.5. The third-order valence-electron chi connectivity index (χ3n) is 3.96. The number of carbonyl (C=O) groups excluding carboxylic acids is 2. The molecule has 0 aliphatic heterocycles. The average Bonchev–Trinajstić information content (AvgIpc) is 2.55. The van der Waals surface area contributed by atoms with Crippen LogP contribution < -0.4 is 10.6 Å². The lowest BCUT2D eigenvalue weighted by molar-refractivity contribution is -0.138. The Kier molecular flexibility index (Phi) is 5.78. The number of rotatable bonds is 5. The highest BCUT2D eigenvalue weighted by Crippen LogP contribution is 2.25. The van der Waals surface area contributed by atoms with Gasteiger partial charge in [0.25, 0.3) is 0 Å². The molecule has 24 heavy (non-hydrogen) atoms. The number of para-hydroxylation sites is 1. The topological polar surface area (TPSA) is 58.2 Å². The first-order valence-electron chi connectivity index (χ1n) is 7.71. The first-order valence-corrected chi connectivity index (χ1v) is 8.50. The Morgan fingerprint density at radius 3 is 2.29 bits per heavy atom. The van der Waals surface area contributed by atoms with E-state index in [4.69, 9.17) is 0 Å². The van der Waals surface area contributed by atoms with E-state index in [1.165, 1.54) is 0 Å². The summed E-state index contributed by atoms with van der Waals surface area (Å²) in [7, 11) is 0. The number of aryl methyl sites for hydroxylation is 1. The minimum absolute atomic E-state index is 0.310. The van der Waals surface area contributed by atoms with Gasteiger partial charge in [0.15, 0.2) is 0 Å². The van der Waals surface area contributed by atoms with Crippen molar-refractivity contribution in [2.75, 3.05) is 5.32 Å². The summed E-state index contributed by atoms with van der Waals surface area (Å²) >= 11 is 3.38. The molecule has 0 radical (unpaired) electrons. The van der Waals surface area contributed by atoms with Crippen LogP contribution in [-0.2, 0) is 16.1 Å². The normalized spacial score (nSPS) is 11.0. The second-order valence-electron chi connectivity index (χ2n) is 6.17. The van der Waals surface area contributed by atoms with Gasteiger partial charge in [-0.3, -0.25) is 9.59 Å². The van der Waals surface area contributed by atoms with E-state index in [2.05, 4.69) is 26.6 Å². The zero-order valence-electron chi connectivity index (χ0n) is 14.0. The predicted molar refractivity (Wildman–Crippen MR) is 99.6 cm³/mol. The fourth-order valence-corrected chi connectivity index (χ4v) is 2.53. The van der Waals surface area contributed by atoms with Gasteiger partial charge in [-0.05, 0) is 60.0 Å². The van der Waals surface area contributed by atoms with Gasteiger partial charge in [0.2, 0.25) is 11.8 Å². The molecule has 0 spiro atoms. The molecule has 2 aromatic rings. The van der Waals surface area contributed by atoms with Gasteiger partial charge in [-0.15, -0.1) is 0 Å². The van der Waals surface area contributed by atoms with Crippen LogP contribution in [-0.4, -0.2) is 11.8 Å². The molecular weight excluding hydrogens is 368 g/mol. The van der Waals surface area contributed by atoms with Crippen molar-refractivity contribution in [3.8, 4) is 0 Å². The predicted octanol–water partition coefficient (Wildman–Crippen LogP) is 4.04. The van der Waals surface area contributed by atoms with Gasteiger partial charge >= 0.3 is 0 Å². The summed E-state index contributed by atoms with van der Waals surface area (Å²) in [5, 5.41) is 5.64. The number of benzene rings is 2. The van der Waals surface area contributed by atoms with Gasteiger partial charge in [0.05, 0.1) is 5.69 Å². The monoisotopic (exact) mass is 388 g/mol. The molecular formula is C19H21BrN2O2. The van der Waals surface area contributed by atoms with Crippen LogP contribution in [0.3, 0.4) is 0 Å². The molecule has 0 aromatic heterocycles. The van der Waals surface area contributed by atoms with Crippen molar-refractivity contribution < 1.29 is 9.59 Å². The third kappa shape index (κ3) is 4.23. The largest absolute Gasteiger partial charge is 0.351 e. The highest BCUT2D eigenvalue weighted by molar-refractivity contribution is 9.10. The maximum absolute atomic E-state index is 12.5. The van der Waals surface area contributed by atoms with E-state index in [9.17, 15) is 9.59 Å². The van der Waals surface area contributed by atoms with E-state index in [0.29, 0.717) is 12.2 Å². The van der Waals surface area contributed by atoms with E-state index in [-0.39, 0.29) is 11.8 Å². The van der Waals surface area contributed by atoms with Gasteiger partial charge in [-0.25, -0.2) is 0 Å². The zero-order valence-corrected chi connectivity index (χ0v) is 15.6. The lowest BCUT2D eigenvalue weighted by Crippen LogP contribution is -2.45. The van der Waals surface area contributed by atoms with Crippen LogP contribution >= 0.6 is 15.9 Å². The SMILES string of the molecule is Cc1ccccc1CNC(=O)C(C)(C)C(=O)Nc1ccccc1Br. The van der Waals surface area contributed by atoms with Crippen LogP contribution in [0.5, 0.6) is 0 Å². The van der Waals surface area contributed by atoms with E-state index in [1.54, 1.807) is 19.9 Å². The standard InChI is InChI=1S/C19H21BrN2O2/c1-13-8-4-5-9-14(13)12-21-17(23)19(2,3)18(24)22-16-11-7-6-10-15(16)20/h4-11H,12H2,1-3H3,(H,21,23)(H,22,24). The van der Waals surface area contributed by atoms with Crippen LogP contribution in [0, 0.1) is 12.3 Å². The van der Waals surface area contributed by atoms with Crippen molar-refractivity contribution in [2.45, 2.75) is 27.3 Å². The highest BCUT2D eigenvalue weighted by atomic mass is 79.9. The Bertz CT molecular complexity index is 757. The molecule has 2 rings (SSSR count). The molecule has 4 nitrogen and oxygen atoms in total. The van der Waals surface area contributed by atoms with Crippen molar-refractivity contribution in [3.05, 3.63) is 64.1 Å². The van der Waals surface area contributed by atoms with Crippen molar-refractivity contribution in [1.29, 1.82) is 0 Å². The molecule has 0 aliphatic carbocycles. The maximum Gasteiger partial charge on any atom is 0.239 e. The van der Waals surface area contributed by atoms with E-state index in [1.807, 2.05) is 49.4 Å². The van der Waals surface area contributed by atoms with Crippen molar-refractivity contribution in [3.63, 3.8) is 0 Å². The lowest BCUT2D eigenvalue weighted by Gasteiger charge is -2.23. The molecule has 2 amide bonds. The summed E-state index contributed by atoms with van der Waals surface area (Å²) in [5.74, 6) is -0.660. The highest BCUT2D eigenvalue weighted by Gasteiger charge is 2.36. The van der Waals surface area contributed by atoms with Gasteiger partial charge in [0, 0.05) is 11.0 Å². The molecule has 0 saturated carbocycles. The number of hydrogen-bond acceptors (Lipinski definition) is 2. The van der Waals surface area contributed by atoms with E-state index < -0.39 is 5.41 Å². The van der Waals surface area contributed by atoms with Crippen LogP contribution in [0.15, 0.2) is 53.0 Å². The number of amides is 2. The quantitative estimate of drug-likeness (QED) is 0.759. The third-order valence-corrected chi connectivity index (χ3v) is 4.65. The number of halogens is 1.